The summed E-state index contributed by atoms with van der Waals surface area (Å²) in [6.45, 7) is 10.9. The van der Waals surface area contributed by atoms with Gasteiger partial charge >= 0.3 is 5.97 Å². The van der Waals surface area contributed by atoms with E-state index in [2.05, 4.69) is 51.7 Å². The highest BCUT2D eigenvalue weighted by Gasteiger charge is 2.30. The first kappa shape index (κ1) is 29.5. The lowest BCUT2D eigenvalue weighted by atomic mass is 9.72. The van der Waals surface area contributed by atoms with Crippen LogP contribution in [-0.4, -0.2) is 68.8 Å². The number of anilines is 3. The number of halogens is 1. The van der Waals surface area contributed by atoms with Gasteiger partial charge in [-0.15, -0.1) is 0 Å². The molecule has 0 atom stereocenters. The highest BCUT2D eigenvalue weighted by Crippen LogP contribution is 2.43. The Labute approximate surface area is 260 Å². The summed E-state index contributed by atoms with van der Waals surface area (Å²) >= 11 is 6.21. The van der Waals surface area contributed by atoms with Crippen LogP contribution in [-0.2, 0) is 4.74 Å². The SMILES string of the molecule is COC(=O)c1ccc(N2CCN(CC3=C(c4ccc(Cl)cc4)CC(C)(C)CC3)CC2)cc1N1CCCOc2ncccc21. The molecule has 1 aliphatic carbocycles. The predicted octanol–water partition coefficient (Wildman–Crippen LogP) is 7.23. The number of pyridine rings is 1. The fourth-order valence-electron chi connectivity index (χ4n) is 6.58. The largest absolute Gasteiger partial charge is 0.476 e. The summed E-state index contributed by atoms with van der Waals surface area (Å²) < 4.78 is 11.1. The van der Waals surface area contributed by atoms with Gasteiger partial charge in [0.05, 0.1) is 25.0 Å². The van der Waals surface area contributed by atoms with Gasteiger partial charge in [-0.05, 0) is 84.7 Å². The van der Waals surface area contributed by atoms with E-state index in [0.29, 0.717) is 23.5 Å². The van der Waals surface area contributed by atoms with Gasteiger partial charge in [0.15, 0.2) is 0 Å². The minimum Gasteiger partial charge on any atom is -0.476 e. The number of ether oxygens (including phenoxy) is 2. The Hall–Kier alpha value is -3.55. The second kappa shape index (κ2) is 12.6. The van der Waals surface area contributed by atoms with E-state index in [1.807, 2.05) is 36.4 Å². The third-order valence-electron chi connectivity index (χ3n) is 9.01. The van der Waals surface area contributed by atoms with Crippen LogP contribution in [0, 0.1) is 5.41 Å². The zero-order chi connectivity index (χ0) is 30.0. The van der Waals surface area contributed by atoms with E-state index in [9.17, 15) is 4.79 Å². The number of benzene rings is 2. The topological polar surface area (TPSA) is 58.1 Å². The van der Waals surface area contributed by atoms with Crippen molar-refractivity contribution in [3.63, 3.8) is 0 Å². The van der Waals surface area contributed by atoms with Gasteiger partial charge in [-0.3, -0.25) is 4.90 Å². The van der Waals surface area contributed by atoms with Crippen molar-refractivity contribution in [2.75, 3.05) is 62.8 Å². The average Bonchev–Trinajstić information content (AvgIpc) is 3.24. The number of piperazine rings is 1. The summed E-state index contributed by atoms with van der Waals surface area (Å²) in [6.07, 6.45) is 6.01. The van der Waals surface area contributed by atoms with Crippen molar-refractivity contribution in [1.82, 2.24) is 9.88 Å². The Kier molecular flexibility index (Phi) is 8.64. The molecule has 2 aromatic carbocycles. The fourth-order valence-corrected chi connectivity index (χ4v) is 6.71. The third-order valence-corrected chi connectivity index (χ3v) is 9.27. The van der Waals surface area contributed by atoms with Gasteiger partial charge in [-0.1, -0.05) is 43.2 Å². The lowest BCUT2D eigenvalue weighted by molar-refractivity contribution is 0.0601. The monoisotopic (exact) mass is 600 g/mol. The van der Waals surface area contributed by atoms with Crippen LogP contribution >= 0.6 is 11.6 Å². The predicted molar refractivity (Wildman–Crippen MR) is 174 cm³/mol. The quantitative estimate of drug-likeness (QED) is 0.277. The van der Waals surface area contributed by atoms with Crippen molar-refractivity contribution >= 4 is 40.2 Å². The van der Waals surface area contributed by atoms with Crippen molar-refractivity contribution < 1.29 is 14.3 Å². The van der Waals surface area contributed by atoms with Crippen molar-refractivity contribution in [1.29, 1.82) is 0 Å². The molecule has 0 spiro atoms. The van der Waals surface area contributed by atoms with Crippen LogP contribution in [0.4, 0.5) is 17.1 Å². The van der Waals surface area contributed by atoms with E-state index in [1.54, 1.807) is 11.8 Å². The molecule has 0 unspecified atom stereocenters. The standard InChI is InChI=1S/C35H41ClN4O3/c1-35(2)14-13-26(30(23-35)25-7-9-27(36)10-8-25)24-38-17-19-39(20-18-38)28-11-12-29(34(41)42-3)32(22-28)40-16-5-21-43-33-31(40)6-4-15-37-33/h4,6-12,15,22H,5,13-14,16-21,23-24H2,1-3H3. The lowest BCUT2D eigenvalue weighted by Gasteiger charge is -2.39. The van der Waals surface area contributed by atoms with Crippen molar-refractivity contribution in [3.8, 4) is 5.88 Å². The van der Waals surface area contributed by atoms with Gasteiger partial charge in [0.25, 0.3) is 0 Å². The van der Waals surface area contributed by atoms with Gasteiger partial charge in [0.2, 0.25) is 5.88 Å². The highest BCUT2D eigenvalue weighted by molar-refractivity contribution is 6.30. The molecule has 226 valence electrons. The molecule has 1 saturated heterocycles. The van der Waals surface area contributed by atoms with E-state index < -0.39 is 0 Å². The Morgan fingerprint density at radius 3 is 2.58 bits per heavy atom. The number of hydrogen-bond acceptors (Lipinski definition) is 7. The van der Waals surface area contributed by atoms with E-state index in [4.69, 9.17) is 21.1 Å². The summed E-state index contributed by atoms with van der Waals surface area (Å²) in [4.78, 5) is 24.5. The zero-order valence-corrected chi connectivity index (χ0v) is 26.2. The molecular formula is C35H41ClN4O3. The minimum absolute atomic E-state index is 0.307. The number of fused-ring (bicyclic) bond motifs is 1. The molecule has 1 aromatic heterocycles. The number of esters is 1. The van der Waals surface area contributed by atoms with E-state index >= 15 is 0 Å². The maximum absolute atomic E-state index is 12.9. The average molecular weight is 601 g/mol. The van der Waals surface area contributed by atoms with Gasteiger partial charge in [-0.2, -0.15) is 0 Å². The molecule has 0 amide bonds. The van der Waals surface area contributed by atoms with Crippen molar-refractivity contribution in [2.45, 2.75) is 39.5 Å². The molecule has 0 N–H and O–H groups in total. The number of carbonyl (C=O) groups is 1. The van der Waals surface area contributed by atoms with Crippen LogP contribution < -0.4 is 14.5 Å². The highest BCUT2D eigenvalue weighted by atomic mass is 35.5. The molecule has 2 aliphatic heterocycles. The first-order chi connectivity index (χ1) is 20.8. The van der Waals surface area contributed by atoms with Gasteiger partial charge in [-0.25, -0.2) is 9.78 Å². The maximum atomic E-state index is 12.9. The van der Waals surface area contributed by atoms with Gasteiger partial charge in [0.1, 0.15) is 5.69 Å². The third kappa shape index (κ3) is 6.53. The summed E-state index contributed by atoms with van der Waals surface area (Å²) in [7, 11) is 1.43. The van der Waals surface area contributed by atoms with Crippen LogP contribution in [0.5, 0.6) is 5.88 Å². The Morgan fingerprint density at radius 2 is 1.81 bits per heavy atom. The number of nitrogens with zero attached hydrogens (tertiary/aromatic N) is 4. The van der Waals surface area contributed by atoms with Gasteiger partial charge in [0, 0.05) is 56.2 Å². The summed E-state index contributed by atoms with van der Waals surface area (Å²) in [5.74, 6) is 0.246. The van der Waals surface area contributed by atoms with Gasteiger partial charge < -0.3 is 19.3 Å². The van der Waals surface area contributed by atoms with E-state index in [-0.39, 0.29) is 5.97 Å². The molecule has 7 nitrogen and oxygen atoms in total. The Morgan fingerprint density at radius 1 is 1.02 bits per heavy atom. The van der Waals surface area contributed by atoms with E-state index in [0.717, 1.165) is 80.6 Å². The normalized spacial score (nSPS) is 19.0. The van der Waals surface area contributed by atoms with Crippen LogP contribution in [0.15, 0.2) is 66.4 Å². The van der Waals surface area contributed by atoms with Crippen molar-refractivity contribution in [3.05, 3.63) is 82.5 Å². The Balaban J connectivity index is 1.22. The number of carbonyl (C=O) groups excluding carboxylic acids is 1. The van der Waals surface area contributed by atoms with Crippen LogP contribution in [0.25, 0.3) is 5.57 Å². The molecule has 3 aromatic rings. The summed E-state index contributed by atoms with van der Waals surface area (Å²) in [6, 6.07) is 18.4. The maximum Gasteiger partial charge on any atom is 0.339 e. The second-order valence-electron chi connectivity index (χ2n) is 12.6. The molecule has 0 radical (unpaired) electrons. The molecule has 3 aliphatic rings. The smallest absolute Gasteiger partial charge is 0.339 e. The molecular weight excluding hydrogens is 560 g/mol. The molecule has 43 heavy (non-hydrogen) atoms. The van der Waals surface area contributed by atoms with E-state index in [1.165, 1.54) is 24.7 Å². The number of rotatable bonds is 6. The van der Waals surface area contributed by atoms with Crippen LogP contribution in [0.3, 0.4) is 0 Å². The number of methoxy groups -OCH3 is 1. The number of hydrogen-bond donors (Lipinski definition) is 0. The molecule has 1 fully saturated rings. The first-order valence-corrected chi connectivity index (χ1v) is 15.7. The molecule has 8 heteroatoms. The summed E-state index contributed by atoms with van der Waals surface area (Å²) in [5, 5.41) is 0.782. The lowest BCUT2D eigenvalue weighted by Crippen LogP contribution is -2.47. The zero-order valence-electron chi connectivity index (χ0n) is 25.4. The minimum atomic E-state index is -0.345. The number of aromatic nitrogens is 1. The molecule has 3 heterocycles. The second-order valence-corrected chi connectivity index (χ2v) is 13.0. The van der Waals surface area contributed by atoms with Crippen LogP contribution in [0.2, 0.25) is 5.02 Å². The molecule has 6 rings (SSSR count). The first-order valence-electron chi connectivity index (χ1n) is 15.3. The summed E-state index contributed by atoms with van der Waals surface area (Å²) in [5.41, 5.74) is 8.02. The van der Waals surface area contributed by atoms with Crippen LogP contribution in [0.1, 0.15) is 55.5 Å². The van der Waals surface area contributed by atoms with Crippen molar-refractivity contribution in [2.24, 2.45) is 5.41 Å². The molecule has 0 saturated carbocycles. The fraction of sp³-hybridized carbons (Fsp3) is 0.429. The number of allylic oxidation sites excluding steroid dienone is 1. The Bertz CT molecular complexity index is 1500. The molecule has 0 bridgehead atoms.